The van der Waals surface area contributed by atoms with Crippen LogP contribution in [0, 0.1) is 17.2 Å². The number of H-pyrrole nitrogens is 2. The molecule has 638 valence electrons. The highest BCUT2D eigenvalue weighted by atomic mass is 32.2. The molecule has 0 radical (unpaired) electrons. The molecule has 42 nitrogen and oxygen atoms in total. The quantitative estimate of drug-likeness (QED) is 0.0111. The third-order valence-electron chi connectivity index (χ3n) is 18.3. The number of amides is 18. The van der Waals surface area contributed by atoms with E-state index in [1.54, 1.807) is 88.5 Å². The topological polar surface area (TPSA) is 686 Å². The summed E-state index contributed by atoms with van der Waals surface area (Å²) in [5, 5.41) is 45.7. The lowest BCUT2D eigenvalue weighted by Crippen LogP contribution is -2.60. The van der Waals surface area contributed by atoms with E-state index in [9.17, 15) is 86.3 Å². The Bertz CT molecular complexity index is 4180. The Morgan fingerprint density at radius 3 is 1.59 bits per heavy atom. The smallest absolute Gasteiger partial charge is 0.243 e. The van der Waals surface area contributed by atoms with E-state index in [4.69, 9.17) is 34.1 Å². The Labute approximate surface area is 677 Å². The van der Waals surface area contributed by atoms with Gasteiger partial charge in [0.25, 0.3) is 0 Å². The molecular formula is C74H108N24O18S. The Balaban J connectivity index is 1.29. The van der Waals surface area contributed by atoms with Crippen LogP contribution in [-0.4, -0.2) is 231 Å². The number of nitrogens with one attached hydrogen (secondary N) is 18. The molecule has 2 aromatic carbocycles. The second-order valence-corrected chi connectivity index (χ2v) is 29.7. The van der Waals surface area contributed by atoms with Gasteiger partial charge in [0.05, 0.1) is 31.5 Å². The van der Waals surface area contributed by atoms with Gasteiger partial charge in [-0.3, -0.25) is 91.7 Å². The molecule has 2 aromatic heterocycles. The van der Waals surface area contributed by atoms with Gasteiger partial charge in [-0.1, -0.05) is 76.2 Å². The van der Waals surface area contributed by atoms with Gasteiger partial charge in [-0.25, -0.2) is 4.98 Å². The van der Waals surface area contributed by atoms with Crippen molar-refractivity contribution < 1.29 is 86.3 Å². The highest BCUT2D eigenvalue weighted by molar-refractivity contribution is 7.98. The van der Waals surface area contributed by atoms with Crippen molar-refractivity contribution in [1.82, 2.24) is 94.7 Å². The molecule has 117 heavy (non-hydrogen) atoms. The molecule has 1 fully saturated rings. The number of nitrogens with two attached hydrogens (primary N) is 5. The summed E-state index contributed by atoms with van der Waals surface area (Å²) in [4.78, 5) is 253. The Morgan fingerprint density at radius 2 is 1.04 bits per heavy atom. The number of hydrogen-bond acceptors (Lipinski definition) is 21. The highest BCUT2D eigenvalue weighted by Gasteiger charge is 2.38. The Hall–Kier alpha value is -12.7. The van der Waals surface area contributed by atoms with E-state index in [0.29, 0.717) is 33.5 Å². The van der Waals surface area contributed by atoms with Crippen molar-refractivity contribution in [2.45, 2.75) is 197 Å². The van der Waals surface area contributed by atoms with Crippen LogP contribution in [-0.2, 0) is 106 Å². The van der Waals surface area contributed by atoms with Gasteiger partial charge in [0.2, 0.25) is 106 Å². The predicted octanol–water partition coefficient (Wildman–Crippen LogP) is -6.61. The minimum Gasteiger partial charge on any atom is -0.370 e. The summed E-state index contributed by atoms with van der Waals surface area (Å²) < 4.78 is 0. The molecule has 0 unspecified atom stereocenters. The number of hydrogen-bond donors (Lipinski definition) is 23. The van der Waals surface area contributed by atoms with Crippen LogP contribution in [0.5, 0.6) is 0 Å². The van der Waals surface area contributed by atoms with Crippen molar-refractivity contribution >= 4 is 135 Å². The van der Waals surface area contributed by atoms with Gasteiger partial charge in [0, 0.05) is 68.4 Å². The summed E-state index contributed by atoms with van der Waals surface area (Å²) in [5.74, 6) is -17.4. The first-order chi connectivity index (χ1) is 55.4. The largest absolute Gasteiger partial charge is 0.370 e. The third kappa shape index (κ3) is 33.3. The number of benzene rings is 2. The van der Waals surface area contributed by atoms with Gasteiger partial charge in [0.15, 0.2) is 5.96 Å². The number of para-hydroxylation sites is 1. The summed E-state index contributed by atoms with van der Waals surface area (Å²) in [5.41, 5.74) is 29.5. The van der Waals surface area contributed by atoms with Crippen LogP contribution < -0.4 is 108 Å². The minimum atomic E-state index is -1.90. The lowest BCUT2D eigenvalue weighted by molar-refractivity contribution is -0.136. The molecule has 3 heterocycles. The molecular weight excluding hydrogens is 1550 g/mol. The van der Waals surface area contributed by atoms with Crippen LogP contribution in [0.2, 0.25) is 0 Å². The van der Waals surface area contributed by atoms with Gasteiger partial charge < -0.3 is 118 Å². The SMILES string of the molecule is CSCC[C@H](NC(=O)[C@H](Cc1ccccc1)NC(=O)[C@H](Cc1c[nH]cn1)NC(=O)CNC(=O)[C@@H](NC(=O)[C@H](C)NC(=O)[C@H](Cc1c[nH]c2ccccc12)NC(=O)[C@H](CCC(N)=O)NC(=O)[C@H](CC(N)=O)NC(=O)CNC(=O)[C@H](CC(C)C)NC(=O)[C@H](CCCNC(=N)N)NC(=O)[C@H](CCC(N)=O)NC(=O)[C@@H]1CCC(=O)N1)C(C)C)C(N)=O. The number of nitrogens with zero attached hydrogens (tertiary/aromatic N) is 1. The molecule has 0 saturated carbocycles. The summed E-state index contributed by atoms with van der Waals surface area (Å²) in [7, 11) is 0. The summed E-state index contributed by atoms with van der Waals surface area (Å²) in [6.07, 6.45) is 3.15. The highest BCUT2D eigenvalue weighted by Crippen LogP contribution is 2.21. The van der Waals surface area contributed by atoms with Gasteiger partial charge >= 0.3 is 0 Å². The second kappa shape index (κ2) is 47.8. The number of aromatic nitrogens is 3. The third-order valence-corrected chi connectivity index (χ3v) is 19.0. The van der Waals surface area contributed by atoms with Crippen LogP contribution in [0.1, 0.15) is 122 Å². The van der Waals surface area contributed by atoms with Crippen molar-refractivity contribution in [2.75, 3.05) is 31.6 Å². The zero-order chi connectivity index (χ0) is 86.6. The van der Waals surface area contributed by atoms with Crippen LogP contribution in [0.15, 0.2) is 73.3 Å². The molecule has 12 atom stereocenters. The lowest BCUT2D eigenvalue weighted by atomic mass is 10.0. The van der Waals surface area contributed by atoms with Crippen molar-refractivity contribution in [3.05, 3.63) is 90.1 Å². The fourth-order valence-corrected chi connectivity index (χ4v) is 12.6. The predicted molar refractivity (Wildman–Crippen MR) is 425 cm³/mol. The number of imidazole rings is 1. The van der Waals surface area contributed by atoms with E-state index < -0.39 is 223 Å². The van der Waals surface area contributed by atoms with Gasteiger partial charge in [-0.15, -0.1) is 0 Å². The molecule has 0 bridgehead atoms. The number of rotatable bonds is 51. The maximum atomic E-state index is 14.6. The molecule has 28 N–H and O–H groups in total. The van der Waals surface area contributed by atoms with Gasteiger partial charge in [-0.05, 0) is 92.9 Å². The number of primary amides is 4. The number of carbonyl (C=O) groups is 18. The van der Waals surface area contributed by atoms with E-state index >= 15 is 0 Å². The normalized spacial score (nSPS) is 15.1. The first-order valence-corrected chi connectivity index (χ1v) is 39.3. The average Bonchev–Trinajstić information content (AvgIpc) is 1.71. The standard InChI is InChI=1S/C74H108N24O18S/c1-37(2)27-50(95-65(108)46(17-12-25-82-74(79)80)92-67(110)48(18-21-55(75)99)93-66(109)47-20-23-58(102)88-47)64(107)84-34-59(103)90-54(31-57(77)101)72(115)94-49(19-22-56(76)100)68(111)97-52(29-41-32-83-44-16-11-10-15-43(41)44)69(112)87-39(5)63(106)98-61(38(3)4)73(116)85-35-60(104)89-53(30-42-33-81-36-86-42)71(114)96-51(28-40-13-8-7-9-14-40)70(113)91-45(62(78)105)24-26-117-6/h7-11,13-16,32-33,36-39,45-54,61,83H,12,17-31,34-35H2,1-6H3,(H2,75,99)(H2,76,100)(H2,77,101)(H2,78,105)(H,81,86)(H,84,107)(H,85,116)(H,87,112)(H,88,102)(H,89,104)(H,90,103)(H,91,113)(H,92,110)(H,93,109)(H,94,115)(H,95,108)(H,96,114)(H,97,111)(H,98,106)(H4,79,80,82)/t39-,45-,46-,47-,48-,49-,50-,51-,52-,53-,54-,61-/m0/s1. The summed E-state index contributed by atoms with van der Waals surface area (Å²) in [6, 6.07) is -1.67. The van der Waals surface area contributed by atoms with E-state index in [1.807, 2.05) is 6.26 Å². The average molecular weight is 1650 g/mol. The van der Waals surface area contributed by atoms with Crippen LogP contribution in [0.3, 0.4) is 0 Å². The van der Waals surface area contributed by atoms with Gasteiger partial charge in [0.1, 0.15) is 72.5 Å². The van der Waals surface area contributed by atoms with Gasteiger partial charge in [-0.2, -0.15) is 11.8 Å². The number of aromatic amines is 2. The molecule has 0 spiro atoms. The number of fused-ring (bicyclic) bond motifs is 1. The molecule has 1 aliphatic rings. The summed E-state index contributed by atoms with van der Waals surface area (Å²) in [6.45, 7) is 6.17. The fraction of sp³-hybridized carbons (Fsp3) is 0.514. The Kier molecular flexibility index (Phi) is 38.8. The maximum Gasteiger partial charge on any atom is 0.243 e. The van der Waals surface area contributed by atoms with Crippen molar-refractivity contribution in [2.24, 2.45) is 40.5 Å². The van der Waals surface area contributed by atoms with E-state index in [2.05, 4.69) is 94.7 Å². The molecule has 1 aliphatic heterocycles. The number of guanidine groups is 1. The Morgan fingerprint density at radius 1 is 0.521 bits per heavy atom. The van der Waals surface area contributed by atoms with E-state index in [-0.39, 0.29) is 83.1 Å². The van der Waals surface area contributed by atoms with Crippen LogP contribution >= 0.6 is 11.8 Å². The molecule has 0 aliphatic carbocycles. The zero-order valence-electron chi connectivity index (χ0n) is 65.8. The zero-order valence-corrected chi connectivity index (χ0v) is 66.6. The molecule has 43 heteroatoms. The van der Waals surface area contributed by atoms with E-state index in [0.717, 1.165) is 0 Å². The monoisotopic (exact) mass is 1650 g/mol. The first kappa shape index (κ1) is 94.9. The van der Waals surface area contributed by atoms with Crippen LogP contribution in [0.25, 0.3) is 10.9 Å². The van der Waals surface area contributed by atoms with Crippen molar-refractivity contribution in [1.29, 1.82) is 5.41 Å². The first-order valence-electron chi connectivity index (χ1n) is 37.9. The minimum absolute atomic E-state index is 0.0345. The van der Waals surface area contributed by atoms with Crippen molar-refractivity contribution in [3.63, 3.8) is 0 Å². The number of carbonyl (C=O) groups excluding carboxylic acids is 18. The molecule has 4 aromatic rings. The maximum absolute atomic E-state index is 14.6. The number of thioether (sulfide) groups is 1. The summed E-state index contributed by atoms with van der Waals surface area (Å²) >= 11 is 1.43. The van der Waals surface area contributed by atoms with E-state index in [1.165, 1.54) is 31.2 Å². The fourth-order valence-electron chi connectivity index (χ4n) is 12.1. The molecule has 18 amide bonds. The second-order valence-electron chi connectivity index (χ2n) is 28.7. The van der Waals surface area contributed by atoms with Crippen LogP contribution in [0.4, 0.5) is 0 Å². The molecule has 5 rings (SSSR count). The van der Waals surface area contributed by atoms with Crippen molar-refractivity contribution in [3.8, 4) is 0 Å². The lowest BCUT2D eigenvalue weighted by Gasteiger charge is -2.27. The molecule has 1 saturated heterocycles.